The van der Waals surface area contributed by atoms with Crippen LogP contribution in [-0.2, 0) is 4.79 Å². The summed E-state index contributed by atoms with van der Waals surface area (Å²) < 4.78 is 27.9. The summed E-state index contributed by atoms with van der Waals surface area (Å²) in [5.41, 5.74) is 5.17. The van der Waals surface area contributed by atoms with Crippen LogP contribution in [0.15, 0.2) is 12.1 Å². The number of nitrogens with two attached hydrogens (primary N) is 1. The molecule has 1 aromatic rings. The van der Waals surface area contributed by atoms with Gasteiger partial charge in [0.25, 0.3) is 0 Å². The molecule has 21 heavy (non-hydrogen) atoms. The normalized spacial score (nSPS) is 10.3. The number of hydrogen-bond donors (Lipinski definition) is 1. The first-order valence-electron chi connectivity index (χ1n) is 6.60. The lowest BCUT2D eigenvalue weighted by Crippen LogP contribution is -2.39. The van der Waals surface area contributed by atoms with E-state index >= 15 is 0 Å². The Kier molecular flexibility index (Phi) is 6.02. The van der Waals surface area contributed by atoms with Gasteiger partial charge in [0.1, 0.15) is 4.99 Å². The van der Waals surface area contributed by atoms with Crippen LogP contribution in [0.3, 0.4) is 0 Å². The summed E-state index contributed by atoms with van der Waals surface area (Å²) in [5.74, 6) is -2.31. The number of amides is 1. The summed E-state index contributed by atoms with van der Waals surface area (Å²) in [4.78, 5) is 14.8. The highest BCUT2D eigenvalue weighted by Gasteiger charge is 2.20. The van der Waals surface area contributed by atoms with E-state index < -0.39 is 11.6 Å². The van der Waals surface area contributed by atoms with Crippen LogP contribution in [0.25, 0.3) is 0 Å². The van der Waals surface area contributed by atoms with Gasteiger partial charge in [0.05, 0.1) is 12.2 Å². The van der Waals surface area contributed by atoms with E-state index in [4.69, 9.17) is 5.73 Å². The summed E-state index contributed by atoms with van der Waals surface area (Å²) >= 11 is 4.65. The number of halogens is 2. The SMILES string of the molecule is CCN(CC)C(=O)CN(C)c1ccc(C(N)=S)c(F)c1F. The fourth-order valence-corrected chi connectivity index (χ4v) is 2.15. The molecule has 0 unspecified atom stereocenters. The van der Waals surface area contributed by atoms with Crippen molar-refractivity contribution in [1.29, 1.82) is 0 Å². The zero-order chi connectivity index (χ0) is 16.2. The molecule has 0 atom stereocenters. The van der Waals surface area contributed by atoms with Crippen LogP contribution in [0.1, 0.15) is 19.4 Å². The zero-order valence-electron chi connectivity index (χ0n) is 12.3. The number of thiocarbonyl (C=S) groups is 1. The smallest absolute Gasteiger partial charge is 0.242 e. The second-order valence-corrected chi connectivity index (χ2v) is 4.99. The highest BCUT2D eigenvalue weighted by atomic mass is 32.1. The lowest BCUT2D eigenvalue weighted by atomic mass is 10.1. The molecule has 0 saturated carbocycles. The Hall–Kier alpha value is -1.76. The van der Waals surface area contributed by atoms with Crippen molar-refractivity contribution in [3.8, 4) is 0 Å². The van der Waals surface area contributed by atoms with Gasteiger partial charge in [-0.25, -0.2) is 8.78 Å². The number of hydrogen-bond acceptors (Lipinski definition) is 3. The van der Waals surface area contributed by atoms with Gasteiger partial charge in [-0.1, -0.05) is 12.2 Å². The summed E-state index contributed by atoms with van der Waals surface area (Å²) in [6.07, 6.45) is 0. The van der Waals surface area contributed by atoms with E-state index in [9.17, 15) is 13.6 Å². The van der Waals surface area contributed by atoms with Crippen LogP contribution in [0.5, 0.6) is 0 Å². The van der Waals surface area contributed by atoms with Crippen molar-refractivity contribution >= 4 is 28.8 Å². The molecule has 2 N–H and O–H groups in total. The zero-order valence-corrected chi connectivity index (χ0v) is 13.1. The average Bonchev–Trinajstić information content (AvgIpc) is 2.42. The second-order valence-electron chi connectivity index (χ2n) is 4.55. The Morgan fingerprint density at radius 2 is 1.81 bits per heavy atom. The number of carbonyl (C=O) groups excluding carboxylic acids is 1. The van der Waals surface area contributed by atoms with Gasteiger partial charge >= 0.3 is 0 Å². The van der Waals surface area contributed by atoms with Crippen molar-refractivity contribution in [1.82, 2.24) is 4.90 Å². The maximum absolute atomic E-state index is 14.0. The Morgan fingerprint density at radius 1 is 1.24 bits per heavy atom. The third kappa shape index (κ3) is 3.87. The van der Waals surface area contributed by atoms with Gasteiger partial charge < -0.3 is 15.5 Å². The molecule has 0 aliphatic carbocycles. The Labute approximate surface area is 128 Å². The number of benzene rings is 1. The van der Waals surface area contributed by atoms with E-state index in [0.29, 0.717) is 13.1 Å². The molecule has 0 fully saturated rings. The largest absolute Gasteiger partial charge is 0.389 e. The minimum absolute atomic E-state index is 0.00648. The minimum Gasteiger partial charge on any atom is -0.389 e. The van der Waals surface area contributed by atoms with Crippen LogP contribution >= 0.6 is 12.2 Å². The average molecular weight is 315 g/mol. The van der Waals surface area contributed by atoms with Crippen LogP contribution in [0.4, 0.5) is 14.5 Å². The van der Waals surface area contributed by atoms with Gasteiger partial charge in [0, 0.05) is 25.7 Å². The summed E-state index contributed by atoms with van der Waals surface area (Å²) in [6, 6.07) is 2.68. The molecule has 0 aliphatic rings. The molecule has 0 saturated heterocycles. The Balaban J connectivity index is 2.98. The van der Waals surface area contributed by atoms with Crippen molar-refractivity contribution < 1.29 is 13.6 Å². The molecule has 0 spiro atoms. The molecule has 116 valence electrons. The summed E-state index contributed by atoms with van der Waals surface area (Å²) in [6.45, 7) is 4.82. The highest BCUT2D eigenvalue weighted by Crippen LogP contribution is 2.23. The van der Waals surface area contributed by atoms with Gasteiger partial charge in [-0.3, -0.25) is 4.79 Å². The molecule has 1 rings (SSSR count). The number of rotatable bonds is 6. The van der Waals surface area contributed by atoms with Crippen LogP contribution < -0.4 is 10.6 Å². The lowest BCUT2D eigenvalue weighted by molar-refractivity contribution is -0.129. The third-order valence-electron chi connectivity index (χ3n) is 3.23. The first-order chi connectivity index (χ1) is 9.83. The van der Waals surface area contributed by atoms with Crippen molar-refractivity contribution in [3.05, 3.63) is 29.3 Å². The maximum Gasteiger partial charge on any atom is 0.242 e. The molecule has 4 nitrogen and oxygen atoms in total. The topological polar surface area (TPSA) is 49.6 Å². The van der Waals surface area contributed by atoms with Crippen LogP contribution in [0, 0.1) is 11.6 Å². The molecule has 0 aliphatic heterocycles. The molecule has 0 bridgehead atoms. The second kappa shape index (κ2) is 7.31. The van der Waals surface area contributed by atoms with Gasteiger partial charge in [-0.05, 0) is 26.0 Å². The minimum atomic E-state index is -1.10. The number of nitrogens with zero attached hydrogens (tertiary/aromatic N) is 2. The molecule has 7 heteroatoms. The van der Waals surface area contributed by atoms with Crippen molar-refractivity contribution in [3.63, 3.8) is 0 Å². The van der Waals surface area contributed by atoms with E-state index in [0.717, 1.165) is 0 Å². The molecule has 0 heterocycles. The van der Waals surface area contributed by atoms with Crippen LogP contribution in [0.2, 0.25) is 0 Å². The first-order valence-corrected chi connectivity index (χ1v) is 7.00. The van der Waals surface area contributed by atoms with Gasteiger partial charge in [0.15, 0.2) is 11.6 Å². The standard InChI is InChI=1S/C14H19F2N3OS/c1-4-19(5-2)11(20)8-18(3)10-7-6-9(14(17)21)12(15)13(10)16/h6-7H,4-5,8H2,1-3H3,(H2,17,21). The highest BCUT2D eigenvalue weighted by molar-refractivity contribution is 7.80. The first kappa shape index (κ1) is 17.3. The van der Waals surface area contributed by atoms with Crippen molar-refractivity contribution in [2.24, 2.45) is 5.73 Å². The molecular formula is C14H19F2N3OS. The summed E-state index contributed by atoms with van der Waals surface area (Å²) in [5, 5.41) is 0. The van der Waals surface area contributed by atoms with Gasteiger partial charge in [-0.15, -0.1) is 0 Å². The predicted octanol–water partition coefficient (Wildman–Crippen LogP) is 1.90. The number of likely N-dealkylation sites (N-methyl/N-ethyl adjacent to an activating group) is 2. The molecule has 1 amide bonds. The third-order valence-corrected chi connectivity index (χ3v) is 3.45. The van der Waals surface area contributed by atoms with E-state index in [1.807, 2.05) is 13.8 Å². The fourth-order valence-electron chi connectivity index (χ4n) is 1.99. The van der Waals surface area contributed by atoms with Crippen molar-refractivity contribution in [2.75, 3.05) is 31.6 Å². The van der Waals surface area contributed by atoms with E-state index in [1.165, 1.54) is 24.1 Å². The summed E-state index contributed by atoms with van der Waals surface area (Å²) in [7, 11) is 1.53. The molecule has 0 radical (unpaired) electrons. The maximum atomic E-state index is 14.0. The Morgan fingerprint density at radius 3 is 2.29 bits per heavy atom. The van der Waals surface area contributed by atoms with Crippen molar-refractivity contribution in [2.45, 2.75) is 13.8 Å². The predicted molar refractivity (Wildman–Crippen MR) is 83.4 cm³/mol. The lowest BCUT2D eigenvalue weighted by Gasteiger charge is -2.25. The quantitative estimate of drug-likeness (QED) is 0.815. The molecular weight excluding hydrogens is 296 g/mol. The van der Waals surface area contributed by atoms with E-state index in [2.05, 4.69) is 12.2 Å². The molecule has 0 aromatic heterocycles. The monoisotopic (exact) mass is 315 g/mol. The van der Waals surface area contributed by atoms with E-state index in [-0.39, 0.29) is 28.7 Å². The molecule has 1 aromatic carbocycles. The van der Waals surface area contributed by atoms with E-state index in [1.54, 1.807) is 4.90 Å². The van der Waals surface area contributed by atoms with Gasteiger partial charge in [0.2, 0.25) is 5.91 Å². The van der Waals surface area contributed by atoms with Gasteiger partial charge in [-0.2, -0.15) is 0 Å². The fraction of sp³-hybridized carbons (Fsp3) is 0.429. The number of carbonyl (C=O) groups is 1. The Bertz CT molecular complexity index is 547. The van der Waals surface area contributed by atoms with Crippen LogP contribution in [-0.4, -0.2) is 42.5 Å². The number of anilines is 1.